The van der Waals surface area contributed by atoms with Gasteiger partial charge in [0, 0.05) is 12.1 Å². The van der Waals surface area contributed by atoms with Gasteiger partial charge in [-0.2, -0.15) is 0 Å². The lowest BCUT2D eigenvalue weighted by atomic mass is 10.1. The molecule has 132 valence electrons. The summed E-state index contributed by atoms with van der Waals surface area (Å²) in [7, 11) is 0. The lowest BCUT2D eigenvalue weighted by Gasteiger charge is -2.08. The van der Waals surface area contributed by atoms with Gasteiger partial charge in [0.05, 0.1) is 5.56 Å². The van der Waals surface area contributed by atoms with Gasteiger partial charge < -0.3 is 16.4 Å². The first-order valence-corrected chi connectivity index (χ1v) is 9.56. The minimum atomic E-state index is -0.172. The molecule has 1 aliphatic carbocycles. The molecular weight excluding hydrogens is 334 g/mol. The normalized spacial score (nSPS) is 12.7. The number of thiophene rings is 1. The molecule has 2 amide bonds. The minimum Gasteiger partial charge on any atom is -0.352 e. The number of benzene rings is 1. The molecule has 3 rings (SSSR count). The molecule has 0 saturated carbocycles. The molecule has 25 heavy (non-hydrogen) atoms. The fourth-order valence-electron chi connectivity index (χ4n) is 3.04. The Morgan fingerprint density at radius 1 is 1.08 bits per heavy atom. The van der Waals surface area contributed by atoms with Gasteiger partial charge in [0.25, 0.3) is 11.8 Å². The second-order valence-corrected chi connectivity index (χ2v) is 7.12. The number of anilines is 1. The zero-order valence-electron chi connectivity index (χ0n) is 14.1. The molecule has 0 saturated heterocycles. The van der Waals surface area contributed by atoms with Gasteiger partial charge in [-0.3, -0.25) is 9.59 Å². The van der Waals surface area contributed by atoms with Crippen LogP contribution in [0.15, 0.2) is 29.6 Å². The lowest BCUT2D eigenvalue weighted by Crippen LogP contribution is -2.25. The van der Waals surface area contributed by atoms with Crippen LogP contribution in [0.2, 0.25) is 0 Å². The predicted octanol–water partition coefficient (Wildman–Crippen LogP) is 2.96. The Labute approximate surface area is 151 Å². The summed E-state index contributed by atoms with van der Waals surface area (Å²) in [5.41, 5.74) is 9.20. The summed E-state index contributed by atoms with van der Waals surface area (Å²) in [6.45, 7) is 1.21. The van der Waals surface area contributed by atoms with Crippen LogP contribution < -0.4 is 16.4 Å². The van der Waals surface area contributed by atoms with Gasteiger partial charge in [-0.15, -0.1) is 11.3 Å². The number of fused-ring (bicyclic) bond motifs is 1. The number of rotatable bonds is 7. The van der Waals surface area contributed by atoms with E-state index < -0.39 is 0 Å². The fourth-order valence-corrected chi connectivity index (χ4v) is 3.82. The largest absolute Gasteiger partial charge is 0.352 e. The van der Waals surface area contributed by atoms with E-state index >= 15 is 0 Å². The highest BCUT2D eigenvalue weighted by atomic mass is 32.1. The second-order valence-electron chi connectivity index (χ2n) is 6.21. The van der Waals surface area contributed by atoms with E-state index in [2.05, 4.69) is 10.6 Å². The van der Waals surface area contributed by atoms with Crippen LogP contribution in [0.5, 0.6) is 0 Å². The van der Waals surface area contributed by atoms with Gasteiger partial charge in [0.2, 0.25) is 0 Å². The van der Waals surface area contributed by atoms with Crippen LogP contribution >= 0.6 is 11.3 Å². The molecule has 0 spiro atoms. The van der Waals surface area contributed by atoms with Gasteiger partial charge in [-0.05, 0) is 73.4 Å². The van der Waals surface area contributed by atoms with Crippen molar-refractivity contribution in [3.8, 4) is 0 Å². The summed E-state index contributed by atoms with van der Waals surface area (Å²) in [6.07, 6.45) is 5.01. The summed E-state index contributed by atoms with van der Waals surface area (Å²) >= 11 is 1.36. The SMILES string of the molecule is NCCCCNC(=O)c1ccsc1NC(=O)c1ccc2c(c1)CCC2. The fraction of sp³-hybridized carbons (Fsp3) is 0.368. The molecule has 6 heteroatoms. The molecule has 1 aliphatic rings. The Hall–Kier alpha value is -2.18. The standard InChI is InChI=1S/C19H23N3O2S/c20-9-1-2-10-21-18(24)16-8-11-25-19(16)22-17(23)15-7-6-13-4-3-5-14(13)12-15/h6-8,11-12H,1-5,9-10,20H2,(H,21,24)(H,22,23). The summed E-state index contributed by atoms with van der Waals surface area (Å²) in [6, 6.07) is 7.61. The number of aryl methyl sites for hydroxylation is 2. The van der Waals surface area contributed by atoms with Crippen LogP contribution in [-0.2, 0) is 12.8 Å². The Morgan fingerprint density at radius 2 is 1.92 bits per heavy atom. The molecule has 0 fully saturated rings. The number of amides is 2. The van der Waals surface area contributed by atoms with Crippen molar-refractivity contribution in [2.24, 2.45) is 5.73 Å². The molecule has 0 bridgehead atoms. The molecule has 2 aromatic rings. The Kier molecular flexibility index (Phi) is 5.83. The van der Waals surface area contributed by atoms with E-state index in [1.54, 1.807) is 6.07 Å². The molecule has 4 N–H and O–H groups in total. The average molecular weight is 357 g/mol. The van der Waals surface area contributed by atoms with Gasteiger partial charge in [0.1, 0.15) is 5.00 Å². The van der Waals surface area contributed by atoms with Crippen molar-refractivity contribution in [3.63, 3.8) is 0 Å². The van der Waals surface area contributed by atoms with Crippen LogP contribution in [-0.4, -0.2) is 24.9 Å². The predicted molar refractivity (Wildman–Crippen MR) is 101 cm³/mol. The summed E-state index contributed by atoms with van der Waals surface area (Å²) < 4.78 is 0. The van der Waals surface area contributed by atoms with E-state index in [0.717, 1.165) is 32.1 Å². The summed E-state index contributed by atoms with van der Waals surface area (Å²) in [4.78, 5) is 24.8. The zero-order chi connectivity index (χ0) is 17.6. The van der Waals surface area contributed by atoms with Gasteiger partial charge in [-0.25, -0.2) is 0 Å². The number of carbonyl (C=O) groups excluding carboxylic acids is 2. The third-order valence-electron chi connectivity index (χ3n) is 4.41. The highest BCUT2D eigenvalue weighted by Gasteiger charge is 2.17. The number of nitrogens with one attached hydrogen (secondary N) is 2. The van der Waals surface area contributed by atoms with E-state index in [-0.39, 0.29) is 11.8 Å². The topological polar surface area (TPSA) is 84.2 Å². The highest BCUT2D eigenvalue weighted by molar-refractivity contribution is 7.14. The third kappa shape index (κ3) is 4.27. The second kappa shape index (κ2) is 8.27. The Balaban J connectivity index is 1.64. The monoisotopic (exact) mass is 357 g/mol. The first-order valence-electron chi connectivity index (χ1n) is 8.68. The van der Waals surface area contributed by atoms with Crippen LogP contribution in [0.4, 0.5) is 5.00 Å². The molecule has 0 aliphatic heterocycles. The summed E-state index contributed by atoms with van der Waals surface area (Å²) in [5.74, 6) is -0.336. The minimum absolute atomic E-state index is 0.164. The lowest BCUT2D eigenvalue weighted by molar-refractivity contribution is 0.0954. The number of nitrogens with two attached hydrogens (primary N) is 1. The number of carbonyl (C=O) groups is 2. The Morgan fingerprint density at radius 3 is 2.76 bits per heavy atom. The van der Waals surface area contributed by atoms with Crippen molar-refractivity contribution >= 4 is 28.2 Å². The highest BCUT2D eigenvalue weighted by Crippen LogP contribution is 2.26. The van der Waals surface area contributed by atoms with Gasteiger partial charge in [0.15, 0.2) is 0 Å². The van der Waals surface area contributed by atoms with Crippen molar-refractivity contribution in [3.05, 3.63) is 51.9 Å². The van der Waals surface area contributed by atoms with Crippen LogP contribution in [0.25, 0.3) is 0 Å². The van der Waals surface area contributed by atoms with E-state index in [1.165, 1.54) is 22.5 Å². The number of hydrogen-bond donors (Lipinski definition) is 3. The van der Waals surface area contributed by atoms with E-state index in [0.29, 0.717) is 29.2 Å². The first kappa shape index (κ1) is 17.6. The van der Waals surface area contributed by atoms with Crippen LogP contribution in [0.1, 0.15) is 51.1 Å². The zero-order valence-corrected chi connectivity index (χ0v) is 15.0. The molecular formula is C19H23N3O2S. The maximum Gasteiger partial charge on any atom is 0.256 e. The Bertz CT molecular complexity index is 770. The van der Waals surface area contributed by atoms with Crippen molar-refractivity contribution in [2.45, 2.75) is 32.1 Å². The van der Waals surface area contributed by atoms with Gasteiger partial charge in [-0.1, -0.05) is 6.07 Å². The molecule has 5 nitrogen and oxygen atoms in total. The average Bonchev–Trinajstić information content (AvgIpc) is 3.26. The van der Waals surface area contributed by atoms with Crippen molar-refractivity contribution in [1.29, 1.82) is 0 Å². The maximum atomic E-state index is 12.5. The molecule has 0 radical (unpaired) electrons. The third-order valence-corrected chi connectivity index (χ3v) is 5.24. The molecule has 1 heterocycles. The van der Waals surface area contributed by atoms with E-state index in [4.69, 9.17) is 5.73 Å². The molecule has 1 aromatic heterocycles. The maximum absolute atomic E-state index is 12.5. The molecule has 0 atom stereocenters. The number of hydrogen-bond acceptors (Lipinski definition) is 4. The van der Waals surface area contributed by atoms with Crippen molar-refractivity contribution in [2.75, 3.05) is 18.4 Å². The first-order chi connectivity index (χ1) is 12.2. The van der Waals surface area contributed by atoms with E-state index in [1.807, 2.05) is 23.6 Å². The smallest absolute Gasteiger partial charge is 0.256 e. The molecule has 0 unspecified atom stereocenters. The quantitative estimate of drug-likeness (QED) is 0.666. The van der Waals surface area contributed by atoms with Crippen molar-refractivity contribution < 1.29 is 9.59 Å². The number of unbranched alkanes of at least 4 members (excludes halogenated alkanes) is 1. The van der Waals surface area contributed by atoms with Crippen LogP contribution in [0, 0.1) is 0 Å². The van der Waals surface area contributed by atoms with Crippen molar-refractivity contribution in [1.82, 2.24) is 5.32 Å². The van der Waals surface area contributed by atoms with Crippen LogP contribution in [0.3, 0.4) is 0 Å². The summed E-state index contributed by atoms with van der Waals surface area (Å²) in [5, 5.41) is 8.15. The molecule has 1 aromatic carbocycles. The van der Waals surface area contributed by atoms with E-state index in [9.17, 15) is 9.59 Å². The van der Waals surface area contributed by atoms with Gasteiger partial charge >= 0.3 is 0 Å².